The van der Waals surface area contributed by atoms with Crippen LogP contribution in [0.5, 0.6) is 5.75 Å². The van der Waals surface area contributed by atoms with Crippen LogP contribution in [0.15, 0.2) is 40.4 Å². The molecule has 0 aliphatic carbocycles. The van der Waals surface area contributed by atoms with Gasteiger partial charge in [0, 0.05) is 42.3 Å². The minimum absolute atomic E-state index is 0.0948. The maximum absolute atomic E-state index is 12.1. The van der Waals surface area contributed by atoms with Crippen LogP contribution in [-0.4, -0.2) is 30.0 Å². The van der Waals surface area contributed by atoms with Crippen LogP contribution in [0.4, 0.5) is 0 Å². The van der Waals surface area contributed by atoms with E-state index in [2.05, 4.69) is 0 Å². The van der Waals surface area contributed by atoms with Gasteiger partial charge in [-0.3, -0.25) is 4.79 Å². The third-order valence-corrected chi connectivity index (χ3v) is 4.98. The molecule has 2 aromatic rings. The van der Waals surface area contributed by atoms with Gasteiger partial charge in [-0.2, -0.15) is 0 Å². The lowest BCUT2D eigenvalue weighted by Gasteiger charge is -2.31. The summed E-state index contributed by atoms with van der Waals surface area (Å²) in [5.74, 6) is 1.04. The Hall–Kier alpha value is -1.59. The third-order valence-electron chi connectivity index (χ3n) is 3.48. The number of nitrogens with zero attached hydrogens (tertiary/aromatic N) is 1. The Morgan fingerprint density at radius 2 is 2.14 bits per heavy atom. The molecule has 1 aliphatic heterocycles. The fourth-order valence-electron chi connectivity index (χ4n) is 2.35. The summed E-state index contributed by atoms with van der Waals surface area (Å²) in [5.41, 5.74) is 0. The molecule has 3 rings (SSSR count). The molecule has 3 heterocycles. The summed E-state index contributed by atoms with van der Waals surface area (Å²) in [5, 5.41) is 6.04. The van der Waals surface area contributed by atoms with Crippen molar-refractivity contribution in [3.8, 4) is 5.75 Å². The predicted octanol–water partition coefficient (Wildman–Crippen LogP) is 3.89. The Bertz CT molecular complexity index is 582. The molecule has 21 heavy (non-hydrogen) atoms. The number of amides is 1. The lowest BCUT2D eigenvalue weighted by Crippen LogP contribution is -2.41. The fraction of sp³-hybridized carbons (Fsp3) is 0.312. The molecule has 1 amide bonds. The molecule has 110 valence electrons. The zero-order chi connectivity index (χ0) is 14.5. The normalized spacial score (nSPS) is 16.5. The van der Waals surface area contributed by atoms with Crippen LogP contribution in [0.2, 0.25) is 0 Å². The SMILES string of the molecule is O=C(C=Cc1cccs1)N1CCC(Oc2ccsc2)CC1. The van der Waals surface area contributed by atoms with Crippen molar-refractivity contribution in [2.75, 3.05) is 13.1 Å². The van der Waals surface area contributed by atoms with Gasteiger partial charge in [0.15, 0.2) is 0 Å². The van der Waals surface area contributed by atoms with Crippen molar-refractivity contribution < 1.29 is 9.53 Å². The molecular weight excluding hydrogens is 302 g/mol. The zero-order valence-corrected chi connectivity index (χ0v) is 13.2. The van der Waals surface area contributed by atoms with Gasteiger partial charge in [-0.1, -0.05) is 6.07 Å². The average molecular weight is 319 g/mol. The van der Waals surface area contributed by atoms with E-state index >= 15 is 0 Å². The third kappa shape index (κ3) is 3.95. The first-order valence-electron chi connectivity index (χ1n) is 7.00. The number of hydrogen-bond acceptors (Lipinski definition) is 4. The average Bonchev–Trinajstić information content (AvgIpc) is 3.19. The van der Waals surface area contributed by atoms with Gasteiger partial charge < -0.3 is 9.64 Å². The summed E-state index contributed by atoms with van der Waals surface area (Å²) in [4.78, 5) is 15.1. The van der Waals surface area contributed by atoms with E-state index in [9.17, 15) is 4.79 Å². The van der Waals surface area contributed by atoms with Gasteiger partial charge in [0.25, 0.3) is 0 Å². The first kappa shape index (κ1) is 14.4. The van der Waals surface area contributed by atoms with Crippen molar-refractivity contribution in [1.82, 2.24) is 4.90 Å². The van der Waals surface area contributed by atoms with E-state index < -0.39 is 0 Å². The van der Waals surface area contributed by atoms with E-state index in [1.54, 1.807) is 28.7 Å². The highest BCUT2D eigenvalue weighted by molar-refractivity contribution is 7.10. The second-order valence-corrected chi connectivity index (χ2v) is 6.71. The lowest BCUT2D eigenvalue weighted by molar-refractivity contribution is -0.127. The largest absolute Gasteiger partial charge is 0.489 e. The van der Waals surface area contributed by atoms with Crippen molar-refractivity contribution >= 4 is 34.7 Å². The van der Waals surface area contributed by atoms with Gasteiger partial charge in [-0.05, 0) is 29.0 Å². The van der Waals surface area contributed by atoms with Gasteiger partial charge in [-0.25, -0.2) is 0 Å². The van der Waals surface area contributed by atoms with Crippen LogP contribution in [0.3, 0.4) is 0 Å². The molecule has 0 aromatic carbocycles. The lowest BCUT2D eigenvalue weighted by atomic mass is 10.1. The van der Waals surface area contributed by atoms with Crippen LogP contribution in [0.1, 0.15) is 17.7 Å². The molecule has 0 N–H and O–H groups in total. The summed E-state index contributed by atoms with van der Waals surface area (Å²) >= 11 is 3.28. The van der Waals surface area contributed by atoms with Gasteiger partial charge in [0.2, 0.25) is 5.91 Å². The Morgan fingerprint density at radius 3 is 2.81 bits per heavy atom. The summed E-state index contributed by atoms with van der Waals surface area (Å²) in [7, 11) is 0. The highest BCUT2D eigenvalue weighted by Gasteiger charge is 2.22. The van der Waals surface area contributed by atoms with Gasteiger partial charge in [0.1, 0.15) is 11.9 Å². The topological polar surface area (TPSA) is 29.5 Å². The molecule has 1 saturated heterocycles. The summed E-state index contributed by atoms with van der Waals surface area (Å²) in [6.07, 6.45) is 5.58. The number of carbonyl (C=O) groups excluding carboxylic acids is 1. The van der Waals surface area contributed by atoms with Crippen molar-refractivity contribution in [2.45, 2.75) is 18.9 Å². The molecular formula is C16H17NO2S2. The molecule has 0 spiro atoms. The molecule has 0 saturated carbocycles. The van der Waals surface area contributed by atoms with E-state index in [-0.39, 0.29) is 12.0 Å². The zero-order valence-electron chi connectivity index (χ0n) is 11.6. The van der Waals surface area contributed by atoms with Crippen molar-refractivity contribution in [3.63, 3.8) is 0 Å². The molecule has 3 nitrogen and oxygen atoms in total. The molecule has 0 atom stereocenters. The smallest absolute Gasteiger partial charge is 0.246 e. The van der Waals surface area contributed by atoms with Gasteiger partial charge >= 0.3 is 0 Å². The van der Waals surface area contributed by atoms with Crippen LogP contribution in [0.25, 0.3) is 6.08 Å². The molecule has 1 fully saturated rings. The van der Waals surface area contributed by atoms with E-state index in [0.717, 1.165) is 36.6 Å². The highest BCUT2D eigenvalue weighted by Crippen LogP contribution is 2.21. The minimum atomic E-state index is 0.0948. The number of likely N-dealkylation sites (tertiary alicyclic amines) is 1. The molecule has 1 aliphatic rings. The number of hydrogen-bond donors (Lipinski definition) is 0. The van der Waals surface area contributed by atoms with Crippen LogP contribution in [-0.2, 0) is 4.79 Å². The molecule has 0 unspecified atom stereocenters. The summed E-state index contributed by atoms with van der Waals surface area (Å²) in [6, 6.07) is 5.99. The standard InChI is InChI=1S/C16H17NO2S2/c18-16(4-3-15-2-1-10-21-15)17-8-5-13(6-9-17)19-14-7-11-20-12-14/h1-4,7,10-13H,5-6,8-9H2. The quantitative estimate of drug-likeness (QED) is 0.800. The van der Waals surface area contributed by atoms with Crippen molar-refractivity contribution in [2.24, 2.45) is 0 Å². The molecule has 2 aromatic heterocycles. The van der Waals surface area contributed by atoms with E-state index in [1.165, 1.54) is 0 Å². The Labute approximate surface area is 132 Å². The van der Waals surface area contributed by atoms with Crippen LogP contribution < -0.4 is 4.74 Å². The maximum Gasteiger partial charge on any atom is 0.246 e. The van der Waals surface area contributed by atoms with Crippen LogP contribution in [0, 0.1) is 0 Å². The van der Waals surface area contributed by atoms with Crippen molar-refractivity contribution in [1.29, 1.82) is 0 Å². The second-order valence-electron chi connectivity index (χ2n) is 4.95. The van der Waals surface area contributed by atoms with E-state index in [0.29, 0.717) is 0 Å². The maximum atomic E-state index is 12.1. The van der Waals surface area contributed by atoms with Gasteiger partial charge in [-0.15, -0.1) is 22.7 Å². The number of piperidine rings is 1. The summed E-state index contributed by atoms with van der Waals surface area (Å²) < 4.78 is 5.90. The molecule has 5 heteroatoms. The van der Waals surface area contributed by atoms with Gasteiger partial charge in [0.05, 0.1) is 0 Å². The summed E-state index contributed by atoms with van der Waals surface area (Å²) in [6.45, 7) is 1.53. The number of thiophene rings is 2. The van der Waals surface area contributed by atoms with E-state index in [1.807, 2.05) is 45.3 Å². The first-order valence-corrected chi connectivity index (χ1v) is 8.83. The predicted molar refractivity (Wildman–Crippen MR) is 87.9 cm³/mol. The number of carbonyl (C=O) groups is 1. The number of rotatable bonds is 4. The Kier molecular flexibility index (Phi) is 4.72. The first-order chi connectivity index (χ1) is 10.3. The monoisotopic (exact) mass is 319 g/mol. The highest BCUT2D eigenvalue weighted by atomic mass is 32.1. The fourth-order valence-corrected chi connectivity index (χ4v) is 3.53. The number of ether oxygens (including phenoxy) is 1. The van der Waals surface area contributed by atoms with E-state index in [4.69, 9.17) is 4.74 Å². The molecule has 0 bridgehead atoms. The Balaban J connectivity index is 1.47. The minimum Gasteiger partial charge on any atom is -0.489 e. The van der Waals surface area contributed by atoms with Crippen LogP contribution >= 0.6 is 22.7 Å². The van der Waals surface area contributed by atoms with Crippen molar-refractivity contribution in [3.05, 3.63) is 45.3 Å². The molecule has 0 radical (unpaired) electrons. The second kappa shape index (κ2) is 6.91. The Morgan fingerprint density at radius 1 is 1.29 bits per heavy atom.